The summed E-state index contributed by atoms with van der Waals surface area (Å²) in [6, 6.07) is 71.3. The van der Waals surface area contributed by atoms with E-state index in [0.717, 1.165) is 5.69 Å². The largest absolute Gasteiger partial charge is 0.361 e. The molecule has 13 aromatic rings. The summed E-state index contributed by atoms with van der Waals surface area (Å²) in [6.07, 6.45) is 10.2. The third-order valence-electron chi connectivity index (χ3n) is 13.4. The topological polar surface area (TPSA) is 21.9 Å². The molecule has 0 atom stereocenters. The Morgan fingerprint density at radius 2 is 1.00 bits per heavy atom. The molecule has 0 fully saturated rings. The summed E-state index contributed by atoms with van der Waals surface area (Å²) in [7, 11) is 0. The molecule has 4 aromatic heterocycles. The lowest BCUT2D eigenvalue weighted by Crippen LogP contribution is -1.93. The molecule has 1 aliphatic rings. The van der Waals surface area contributed by atoms with Crippen LogP contribution >= 0.6 is 22.7 Å². The molecule has 0 aliphatic carbocycles. The van der Waals surface area contributed by atoms with E-state index in [9.17, 15) is 0 Å². The van der Waals surface area contributed by atoms with Crippen molar-refractivity contribution >= 4 is 120 Å². The van der Waals surface area contributed by atoms with Gasteiger partial charge in [-0.2, -0.15) is 0 Å². The molecular weight excluding hydrogens is 911 g/mol. The normalized spacial score (nSPS) is 12.7. The molecule has 5 heterocycles. The van der Waals surface area contributed by atoms with Crippen LogP contribution in [0.3, 0.4) is 0 Å². The Hall–Kier alpha value is -7.96. The van der Waals surface area contributed by atoms with E-state index in [4.69, 9.17) is 0 Å². The number of hydrogen-bond acceptors (Lipinski definition) is 3. The predicted molar refractivity (Wildman–Crippen MR) is 321 cm³/mol. The van der Waals surface area contributed by atoms with E-state index in [0.29, 0.717) is 0 Å². The van der Waals surface area contributed by atoms with Gasteiger partial charge in [0.2, 0.25) is 0 Å². The fraction of sp³-hybridized carbons (Fsp3) is 0.104. The van der Waals surface area contributed by atoms with Gasteiger partial charge in [-0.15, -0.1) is 22.7 Å². The van der Waals surface area contributed by atoms with Crippen LogP contribution in [-0.4, -0.2) is 9.13 Å². The second-order valence-electron chi connectivity index (χ2n) is 17.6. The van der Waals surface area contributed by atoms with Crippen LogP contribution < -0.4 is 5.32 Å². The third kappa shape index (κ3) is 7.90. The van der Waals surface area contributed by atoms with Gasteiger partial charge in [0.25, 0.3) is 0 Å². The van der Waals surface area contributed by atoms with Crippen molar-refractivity contribution in [2.24, 2.45) is 0 Å². The van der Waals surface area contributed by atoms with Gasteiger partial charge in [-0.25, -0.2) is 0 Å². The molecule has 0 bridgehead atoms. The molecule has 72 heavy (non-hydrogen) atoms. The van der Waals surface area contributed by atoms with Gasteiger partial charge in [0.05, 0.1) is 22.1 Å². The van der Waals surface area contributed by atoms with E-state index in [2.05, 4.69) is 247 Å². The fourth-order valence-corrected chi connectivity index (χ4v) is 12.7. The van der Waals surface area contributed by atoms with Crippen molar-refractivity contribution in [2.45, 2.75) is 48.0 Å². The maximum absolute atomic E-state index is 3.64. The molecule has 0 saturated carbocycles. The molecule has 14 rings (SSSR count). The summed E-state index contributed by atoms with van der Waals surface area (Å²) in [5.41, 5.74) is 15.6. The van der Waals surface area contributed by atoms with E-state index in [1.54, 1.807) is 0 Å². The zero-order chi connectivity index (χ0) is 49.3. The molecule has 1 N–H and O–H groups in total. The first-order valence-corrected chi connectivity index (χ1v) is 27.1. The lowest BCUT2D eigenvalue weighted by molar-refractivity contribution is 1.09. The van der Waals surface area contributed by atoms with Gasteiger partial charge in [-0.1, -0.05) is 169 Å². The molecule has 9 aromatic carbocycles. The minimum absolute atomic E-state index is 1.09. The van der Waals surface area contributed by atoms with Crippen molar-refractivity contribution in [1.29, 1.82) is 0 Å². The minimum Gasteiger partial charge on any atom is -0.361 e. The minimum atomic E-state index is 1.09. The van der Waals surface area contributed by atoms with Gasteiger partial charge in [0.1, 0.15) is 0 Å². The molecule has 0 saturated heterocycles. The lowest BCUT2D eigenvalue weighted by atomic mass is 9.97. The average Bonchev–Trinajstić information content (AvgIpc) is 4.18. The van der Waals surface area contributed by atoms with E-state index in [1.165, 1.54) is 130 Å². The number of rotatable bonds is 3. The van der Waals surface area contributed by atoms with Crippen molar-refractivity contribution in [3.63, 3.8) is 0 Å². The number of nitrogens with zero attached hydrogens (tertiary/aromatic N) is 2. The maximum atomic E-state index is 3.64. The molecule has 352 valence electrons. The highest BCUT2D eigenvalue weighted by Crippen LogP contribution is 2.46. The van der Waals surface area contributed by atoms with Crippen molar-refractivity contribution in [3.8, 4) is 33.6 Å². The Kier molecular flexibility index (Phi) is 12.9. The third-order valence-corrected chi connectivity index (χ3v) is 15.7. The Labute approximate surface area is 430 Å². The molecular formula is C67H57N3S2. The predicted octanol–water partition coefficient (Wildman–Crippen LogP) is 20.8. The number of thiophene rings is 2. The number of nitrogens with one attached hydrogen (secondary N) is 1. The zero-order valence-electron chi connectivity index (χ0n) is 41.7. The van der Waals surface area contributed by atoms with Crippen molar-refractivity contribution in [2.75, 3.05) is 5.32 Å². The van der Waals surface area contributed by atoms with Crippen LogP contribution in [0.15, 0.2) is 200 Å². The van der Waals surface area contributed by atoms with Crippen LogP contribution in [0, 0.1) is 0 Å². The Morgan fingerprint density at radius 1 is 0.417 bits per heavy atom. The zero-order valence-corrected chi connectivity index (χ0v) is 43.3. The van der Waals surface area contributed by atoms with E-state index in [-0.39, 0.29) is 0 Å². The summed E-state index contributed by atoms with van der Waals surface area (Å²) >= 11 is 3.76. The summed E-state index contributed by atoms with van der Waals surface area (Å²) in [4.78, 5) is 1.24. The van der Waals surface area contributed by atoms with Crippen LogP contribution in [0.25, 0.3) is 126 Å². The fourth-order valence-electron chi connectivity index (χ4n) is 10.4. The number of benzene rings is 9. The van der Waals surface area contributed by atoms with E-state index in [1.807, 2.05) is 50.4 Å². The van der Waals surface area contributed by atoms with Crippen LogP contribution in [0.5, 0.6) is 0 Å². The number of fused-ring (bicyclic) bond motifs is 16. The Morgan fingerprint density at radius 3 is 1.79 bits per heavy atom. The molecule has 5 heteroatoms. The van der Waals surface area contributed by atoms with E-state index >= 15 is 0 Å². The second kappa shape index (κ2) is 20.0. The van der Waals surface area contributed by atoms with Gasteiger partial charge >= 0.3 is 0 Å². The molecule has 3 nitrogen and oxygen atoms in total. The molecule has 0 amide bonds. The summed E-state index contributed by atoms with van der Waals surface area (Å²) in [6.45, 7) is 12.2. The van der Waals surface area contributed by atoms with Crippen LogP contribution in [0.2, 0.25) is 0 Å². The van der Waals surface area contributed by atoms with Gasteiger partial charge in [0.15, 0.2) is 0 Å². The van der Waals surface area contributed by atoms with Gasteiger partial charge < -0.3 is 14.5 Å². The SMILES string of the molecule is C1=C\c2sc3c(ccc4c3c3ccccc3n4-c3ccc4sc5ccc(-c6ccc7c(c6)c6ccccc6n7-c6ccccc6)cc5c4c3)c2/C=C/Nc2ccccc2-c2ccccc2/1.CC.CC.CCC. The highest BCUT2D eigenvalue weighted by molar-refractivity contribution is 7.25. The highest BCUT2D eigenvalue weighted by Gasteiger charge is 2.21. The number of hydrogen-bond donors (Lipinski definition) is 1. The van der Waals surface area contributed by atoms with Crippen LogP contribution in [0.1, 0.15) is 64.0 Å². The number of anilines is 1. The molecule has 0 unspecified atom stereocenters. The van der Waals surface area contributed by atoms with E-state index < -0.39 is 0 Å². The Balaban J connectivity index is 0.000000765. The van der Waals surface area contributed by atoms with Gasteiger partial charge in [-0.05, 0) is 113 Å². The van der Waals surface area contributed by atoms with Crippen LogP contribution in [0.4, 0.5) is 5.69 Å². The number of para-hydroxylation sites is 4. The first kappa shape index (κ1) is 46.4. The summed E-state index contributed by atoms with van der Waals surface area (Å²) < 4.78 is 8.76. The van der Waals surface area contributed by atoms with Crippen molar-refractivity contribution in [1.82, 2.24) is 9.13 Å². The Bertz CT molecular complexity index is 4170. The standard InChI is InChI=1S/C60H37N3S2.C3H8.2C2H6/c1-2-13-40(14-3-1)62-52-20-10-7-17-44(52)48-34-38(22-27-54(48)62)39-24-30-57-49(35-39)50-36-41(25-31-58(50)64-57)63-53-21-11-8-18-47(53)59-55(63)28-26-46-45-32-33-61-51-19-9-6-16-43(51)42-15-5-4-12-37(42)23-29-56(45)65-60(46)59;1-3-2;2*1-2/h1-36,61H;3H2,1-2H3;2*1-2H3/b29-23-,33-32+;;;. The summed E-state index contributed by atoms with van der Waals surface area (Å²) in [5, 5.41) is 12.6. The molecule has 0 radical (unpaired) electrons. The highest BCUT2D eigenvalue weighted by atomic mass is 32.1. The van der Waals surface area contributed by atoms with Crippen molar-refractivity contribution in [3.05, 3.63) is 216 Å². The maximum Gasteiger partial charge on any atom is 0.0555 e. The first-order chi connectivity index (χ1) is 35.6. The molecule has 1 aliphatic heterocycles. The number of aromatic nitrogens is 2. The van der Waals surface area contributed by atoms with Gasteiger partial charge in [-0.3, -0.25) is 0 Å². The van der Waals surface area contributed by atoms with Crippen molar-refractivity contribution < 1.29 is 0 Å². The smallest absolute Gasteiger partial charge is 0.0555 e. The van der Waals surface area contributed by atoms with Gasteiger partial charge in [0, 0.05) is 91.1 Å². The second-order valence-corrected chi connectivity index (χ2v) is 19.8. The first-order valence-electron chi connectivity index (χ1n) is 25.5. The average molecular weight is 968 g/mol. The monoisotopic (exact) mass is 967 g/mol. The summed E-state index contributed by atoms with van der Waals surface area (Å²) in [5.74, 6) is 0. The molecule has 0 spiro atoms. The van der Waals surface area contributed by atoms with Crippen LogP contribution in [-0.2, 0) is 0 Å². The quantitative estimate of drug-likeness (QED) is 0.187. The lowest BCUT2D eigenvalue weighted by Gasteiger charge is -2.11.